The van der Waals surface area contributed by atoms with Gasteiger partial charge in [-0.1, -0.05) is 12.1 Å². The minimum atomic E-state index is -3.27. The summed E-state index contributed by atoms with van der Waals surface area (Å²) in [5, 5.41) is 4.74. The molecule has 0 radical (unpaired) electrons. The van der Waals surface area contributed by atoms with Gasteiger partial charge in [-0.2, -0.15) is 0 Å². The van der Waals surface area contributed by atoms with Gasteiger partial charge in [0.25, 0.3) is 0 Å². The Balaban J connectivity index is 2.01. The van der Waals surface area contributed by atoms with Gasteiger partial charge < -0.3 is 11.1 Å². The van der Waals surface area contributed by atoms with Crippen molar-refractivity contribution in [3.63, 3.8) is 0 Å². The zero-order valence-corrected chi connectivity index (χ0v) is 10.8. The number of nitrogens with one attached hydrogen (secondary N) is 1. The Bertz CT molecular complexity index is 616. The fourth-order valence-corrected chi connectivity index (χ4v) is 3.85. The van der Waals surface area contributed by atoms with E-state index >= 15 is 0 Å². The van der Waals surface area contributed by atoms with Crippen molar-refractivity contribution >= 4 is 15.4 Å². The Morgan fingerprint density at radius 3 is 2.78 bits per heavy atom. The van der Waals surface area contributed by atoms with Gasteiger partial charge in [0, 0.05) is 30.1 Å². The Morgan fingerprint density at radius 2 is 2.11 bits per heavy atom. The molecule has 3 rings (SSSR count). The number of hydrogen-bond acceptors (Lipinski definition) is 4. The molecule has 1 aliphatic carbocycles. The molecule has 96 valence electrons. The largest absolute Gasteiger partial charge is 0.326 e. The van der Waals surface area contributed by atoms with Crippen molar-refractivity contribution in [1.82, 2.24) is 5.32 Å². The van der Waals surface area contributed by atoms with Crippen LogP contribution >= 0.6 is 0 Å². The Labute approximate surface area is 107 Å². The van der Waals surface area contributed by atoms with Gasteiger partial charge in [-0.25, -0.2) is 8.42 Å². The minimum Gasteiger partial charge on any atom is -0.326 e. The van der Waals surface area contributed by atoms with Crippen LogP contribution in [0.3, 0.4) is 0 Å². The van der Waals surface area contributed by atoms with Gasteiger partial charge in [-0.05, 0) is 30.0 Å². The lowest BCUT2D eigenvalue weighted by Crippen LogP contribution is -2.19. The lowest BCUT2D eigenvalue weighted by atomic mass is 10.0. The number of nitrogens with two attached hydrogens (primary N) is 1. The summed E-state index contributed by atoms with van der Waals surface area (Å²) in [7, 11) is -3.27. The molecule has 0 aromatic heterocycles. The highest BCUT2D eigenvalue weighted by molar-refractivity contribution is 7.95. The average Bonchev–Trinajstić information content (AvgIpc) is 3.13. The lowest BCUT2D eigenvalue weighted by Gasteiger charge is -2.10. The molecule has 5 heteroatoms. The fraction of sp³-hybridized carbons (Fsp3) is 0.385. The van der Waals surface area contributed by atoms with Crippen LogP contribution in [0.25, 0.3) is 5.57 Å². The van der Waals surface area contributed by atoms with Crippen LogP contribution in [0.15, 0.2) is 28.5 Å². The van der Waals surface area contributed by atoms with Crippen molar-refractivity contribution in [3.8, 4) is 0 Å². The molecule has 2 aliphatic rings. The topological polar surface area (TPSA) is 72.2 Å². The zero-order chi connectivity index (χ0) is 12.8. The third-order valence-corrected chi connectivity index (χ3v) is 4.96. The molecule has 1 fully saturated rings. The molecule has 1 aromatic carbocycles. The molecule has 18 heavy (non-hydrogen) atoms. The zero-order valence-electron chi connectivity index (χ0n) is 10.0. The van der Waals surface area contributed by atoms with Crippen LogP contribution < -0.4 is 11.1 Å². The molecule has 1 saturated carbocycles. The Kier molecular flexibility index (Phi) is 2.77. The second-order valence-electron chi connectivity index (χ2n) is 4.84. The van der Waals surface area contributed by atoms with Crippen molar-refractivity contribution in [1.29, 1.82) is 0 Å². The van der Waals surface area contributed by atoms with Gasteiger partial charge in [-0.3, -0.25) is 0 Å². The van der Waals surface area contributed by atoms with E-state index in [4.69, 9.17) is 5.73 Å². The molecule has 0 atom stereocenters. The molecule has 1 aromatic rings. The maximum atomic E-state index is 12.0. The van der Waals surface area contributed by atoms with Crippen LogP contribution in [-0.2, 0) is 16.4 Å². The second kappa shape index (κ2) is 4.19. The summed E-state index contributed by atoms with van der Waals surface area (Å²) in [6.07, 6.45) is 2.37. The summed E-state index contributed by atoms with van der Waals surface area (Å²) in [5.74, 6) is 0. The number of fused-ring (bicyclic) bond motifs is 1. The summed E-state index contributed by atoms with van der Waals surface area (Å²) in [5.41, 5.74) is 8.26. The molecule has 1 aliphatic heterocycles. The standard InChI is InChI=1S/C13H16N2O2S/c14-6-9-2-1-3-12-13(9)10(8-18(12,16)17)7-15-11-4-5-11/h1-3,8,11,15H,4-7,14H2. The highest BCUT2D eigenvalue weighted by Gasteiger charge is 2.29. The lowest BCUT2D eigenvalue weighted by molar-refractivity contribution is 0.605. The summed E-state index contributed by atoms with van der Waals surface area (Å²) >= 11 is 0. The molecule has 0 bridgehead atoms. The van der Waals surface area contributed by atoms with Crippen LogP contribution in [0.1, 0.15) is 24.0 Å². The summed E-state index contributed by atoms with van der Waals surface area (Å²) in [6, 6.07) is 5.86. The molecule has 1 heterocycles. The molecule has 0 amide bonds. The van der Waals surface area contributed by atoms with Crippen molar-refractivity contribution in [2.45, 2.75) is 30.3 Å². The smallest absolute Gasteiger partial charge is 0.200 e. The van der Waals surface area contributed by atoms with Crippen LogP contribution in [0.5, 0.6) is 0 Å². The molecule has 0 spiro atoms. The van der Waals surface area contributed by atoms with Gasteiger partial charge in [-0.15, -0.1) is 0 Å². The normalized spacial score (nSPS) is 20.6. The minimum absolute atomic E-state index is 0.361. The molecule has 0 saturated heterocycles. The van der Waals surface area contributed by atoms with Crippen molar-refractivity contribution in [2.24, 2.45) is 5.73 Å². The van der Waals surface area contributed by atoms with Gasteiger partial charge >= 0.3 is 0 Å². The first kappa shape index (κ1) is 11.9. The van der Waals surface area contributed by atoms with E-state index < -0.39 is 9.84 Å². The monoisotopic (exact) mass is 264 g/mol. The van der Waals surface area contributed by atoms with Crippen LogP contribution in [0.4, 0.5) is 0 Å². The summed E-state index contributed by atoms with van der Waals surface area (Å²) in [6.45, 7) is 0.966. The molecular weight excluding hydrogens is 248 g/mol. The van der Waals surface area contributed by atoms with E-state index in [0.717, 1.165) is 16.7 Å². The predicted octanol–water partition coefficient (Wildman–Crippen LogP) is 1.03. The molecule has 3 N–H and O–H groups in total. The highest BCUT2D eigenvalue weighted by atomic mass is 32.2. The van der Waals surface area contributed by atoms with E-state index in [9.17, 15) is 8.42 Å². The van der Waals surface area contributed by atoms with Crippen LogP contribution in [0, 0.1) is 0 Å². The first-order valence-corrected chi connectivity index (χ1v) is 7.68. The average molecular weight is 264 g/mol. The van der Waals surface area contributed by atoms with Crippen molar-refractivity contribution < 1.29 is 8.42 Å². The third kappa shape index (κ3) is 1.98. The van der Waals surface area contributed by atoms with Gasteiger partial charge in [0.1, 0.15) is 0 Å². The Morgan fingerprint density at radius 1 is 1.33 bits per heavy atom. The maximum Gasteiger partial charge on any atom is 0.200 e. The van der Waals surface area contributed by atoms with Crippen LogP contribution in [0.2, 0.25) is 0 Å². The number of rotatable bonds is 4. The van der Waals surface area contributed by atoms with Crippen LogP contribution in [-0.4, -0.2) is 21.0 Å². The number of hydrogen-bond donors (Lipinski definition) is 2. The number of benzene rings is 1. The maximum absolute atomic E-state index is 12.0. The van der Waals surface area contributed by atoms with E-state index in [2.05, 4.69) is 5.32 Å². The quantitative estimate of drug-likeness (QED) is 0.852. The van der Waals surface area contributed by atoms with Gasteiger partial charge in [0.05, 0.1) is 4.90 Å². The summed E-state index contributed by atoms with van der Waals surface area (Å²) < 4.78 is 24.1. The SMILES string of the molecule is NCc1cccc2c1C(CNC1CC1)=CS2(=O)=O. The van der Waals surface area contributed by atoms with E-state index in [1.807, 2.05) is 6.07 Å². The second-order valence-corrected chi connectivity index (χ2v) is 6.60. The first-order valence-electron chi connectivity index (χ1n) is 6.13. The van der Waals surface area contributed by atoms with E-state index in [1.165, 1.54) is 18.2 Å². The summed E-state index contributed by atoms with van der Waals surface area (Å²) in [4.78, 5) is 0.401. The molecular formula is C13H16N2O2S. The Hall–Kier alpha value is -1.17. The fourth-order valence-electron chi connectivity index (χ4n) is 2.33. The van der Waals surface area contributed by atoms with E-state index in [-0.39, 0.29) is 0 Å². The van der Waals surface area contributed by atoms with Crippen molar-refractivity contribution in [2.75, 3.05) is 6.54 Å². The van der Waals surface area contributed by atoms with Crippen molar-refractivity contribution in [3.05, 3.63) is 34.7 Å². The molecule has 0 unspecified atom stereocenters. The van der Waals surface area contributed by atoms with E-state index in [0.29, 0.717) is 24.0 Å². The third-order valence-electron chi connectivity index (χ3n) is 3.42. The number of sulfone groups is 1. The van der Waals surface area contributed by atoms with Gasteiger partial charge in [0.15, 0.2) is 0 Å². The van der Waals surface area contributed by atoms with E-state index in [1.54, 1.807) is 12.1 Å². The highest BCUT2D eigenvalue weighted by Crippen LogP contribution is 2.35. The van der Waals surface area contributed by atoms with Gasteiger partial charge in [0.2, 0.25) is 9.84 Å². The first-order chi connectivity index (χ1) is 8.62. The predicted molar refractivity (Wildman–Crippen MR) is 70.5 cm³/mol. The molecule has 4 nitrogen and oxygen atoms in total.